The van der Waals surface area contributed by atoms with Gasteiger partial charge in [0, 0.05) is 25.2 Å². The van der Waals surface area contributed by atoms with Crippen LogP contribution in [0.25, 0.3) is 0 Å². The van der Waals surface area contributed by atoms with E-state index in [0.29, 0.717) is 5.54 Å². The van der Waals surface area contributed by atoms with Crippen molar-refractivity contribution < 1.29 is 0 Å². The molecule has 0 atom stereocenters. The van der Waals surface area contributed by atoms with Gasteiger partial charge in [-0.15, -0.1) is 0 Å². The largest absolute Gasteiger partial charge is 0.303 e. The summed E-state index contributed by atoms with van der Waals surface area (Å²) in [7, 11) is 4.53. The minimum absolute atomic E-state index is 0.590. The molecule has 2 nitrogen and oxygen atoms in total. The molecule has 0 radical (unpaired) electrons. The van der Waals surface area contributed by atoms with Crippen molar-refractivity contribution in [2.75, 3.05) is 33.7 Å². The van der Waals surface area contributed by atoms with Gasteiger partial charge in [-0.25, -0.2) is 0 Å². The molecule has 0 bridgehead atoms. The van der Waals surface area contributed by atoms with Crippen LogP contribution in [0.3, 0.4) is 0 Å². The maximum absolute atomic E-state index is 2.57. The SMILES string of the molecule is CN1CCN(C)C2(CCC2)C1. The minimum Gasteiger partial charge on any atom is -0.303 e. The van der Waals surface area contributed by atoms with Gasteiger partial charge in [0.25, 0.3) is 0 Å². The molecule has 1 saturated heterocycles. The predicted molar refractivity (Wildman–Crippen MR) is 46.7 cm³/mol. The lowest BCUT2D eigenvalue weighted by Crippen LogP contribution is -2.63. The summed E-state index contributed by atoms with van der Waals surface area (Å²) in [6.45, 7) is 3.80. The van der Waals surface area contributed by atoms with Gasteiger partial charge < -0.3 is 4.90 Å². The van der Waals surface area contributed by atoms with E-state index in [1.807, 2.05) is 0 Å². The summed E-state index contributed by atoms with van der Waals surface area (Å²) in [6.07, 6.45) is 4.29. The van der Waals surface area contributed by atoms with Gasteiger partial charge in [-0.05, 0) is 33.4 Å². The third-order valence-corrected chi connectivity index (χ3v) is 3.48. The molecule has 11 heavy (non-hydrogen) atoms. The van der Waals surface area contributed by atoms with E-state index < -0.39 is 0 Å². The van der Waals surface area contributed by atoms with Crippen LogP contribution in [0.1, 0.15) is 19.3 Å². The molecule has 0 amide bonds. The van der Waals surface area contributed by atoms with Crippen LogP contribution in [-0.4, -0.2) is 49.1 Å². The molecule has 0 N–H and O–H groups in total. The Morgan fingerprint density at radius 2 is 1.82 bits per heavy atom. The Kier molecular flexibility index (Phi) is 1.69. The monoisotopic (exact) mass is 154 g/mol. The number of hydrogen-bond acceptors (Lipinski definition) is 2. The van der Waals surface area contributed by atoms with Crippen LogP contribution in [0.15, 0.2) is 0 Å². The van der Waals surface area contributed by atoms with Crippen LogP contribution < -0.4 is 0 Å². The molecule has 64 valence electrons. The Labute approximate surface area is 69.2 Å². The number of nitrogens with zero attached hydrogens (tertiary/aromatic N) is 2. The van der Waals surface area contributed by atoms with Crippen LogP contribution in [0, 0.1) is 0 Å². The molecule has 2 heteroatoms. The molecule has 0 aromatic heterocycles. The first kappa shape index (κ1) is 7.56. The Balaban J connectivity index is 2.04. The first-order valence-electron chi connectivity index (χ1n) is 4.63. The van der Waals surface area contributed by atoms with Crippen LogP contribution in [0.2, 0.25) is 0 Å². The molecule has 0 aromatic carbocycles. The minimum atomic E-state index is 0.590. The van der Waals surface area contributed by atoms with Crippen molar-refractivity contribution >= 4 is 0 Å². The normalized spacial score (nSPS) is 32.2. The van der Waals surface area contributed by atoms with Gasteiger partial charge in [0.05, 0.1) is 0 Å². The fourth-order valence-electron chi connectivity index (χ4n) is 2.38. The van der Waals surface area contributed by atoms with E-state index in [2.05, 4.69) is 23.9 Å². The van der Waals surface area contributed by atoms with Crippen molar-refractivity contribution in [3.05, 3.63) is 0 Å². The van der Waals surface area contributed by atoms with E-state index in [1.165, 1.54) is 38.9 Å². The van der Waals surface area contributed by atoms with E-state index in [-0.39, 0.29) is 0 Å². The molecule has 1 spiro atoms. The number of rotatable bonds is 0. The molecule has 2 fully saturated rings. The molecule has 1 heterocycles. The maximum Gasteiger partial charge on any atom is 0.0333 e. The van der Waals surface area contributed by atoms with Crippen molar-refractivity contribution in [1.29, 1.82) is 0 Å². The zero-order valence-electron chi connectivity index (χ0n) is 7.64. The number of piperazine rings is 1. The van der Waals surface area contributed by atoms with Crippen molar-refractivity contribution in [2.45, 2.75) is 24.8 Å². The van der Waals surface area contributed by atoms with E-state index in [4.69, 9.17) is 0 Å². The summed E-state index contributed by atoms with van der Waals surface area (Å²) in [5, 5.41) is 0. The third kappa shape index (κ3) is 1.09. The highest BCUT2D eigenvalue weighted by atomic mass is 15.3. The smallest absolute Gasteiger partial charge is 0.0333 e. The average Bonchev–Trinajstić information content (AvgIpc) is 1.91. The molecule has 1 aliphatic carbocycles. The Bertz CT molecular complexity index is 152. The highest BCUT2D eigenvalue weighted by molar-refractivity contribution is 5.01. The molecule has 1 aliphatic heterocycles. The number of likely N-dealkylation sites (N-methyl/N-ethyl adjacent to an activating group) is 2. The van der Waals surface area contributed by atoms with Gasteiger partial charge in [0.15, 0.2) is 0 Å². The molecular formula is C9H18N2. The summed E-state index contributed by atoms with van der Waals surface area (Å²) in [5.74, 6) is 0. The highest BCUT2D eigenvalue weighted by Crippen LogP contribution is 2.38. The number of hydrogen-bond donors (Lipinski definition) is 0. The lowest BCUT2D eigenvalue weighted by Gasteiger charge is -2.54. The Morgan fingerprint density at radius 1 is 1.09 bits per heavy atom. The second-order valence-corrected chi connectivity index (χ2v) is 4.24. The molecule has 1 saturated carbocycles. The Morgan fingerprint density at radius 3 is 2.27 bits per heavy atom. The van der Waals surface area contributed by atoms with Crippen LogP contribution in [0.4, 0.5) is 0 Å². The van der Waals surface area contributed by atoms with Gasteiger partial charge in [-0.3, -0.25) is 4.90 Å². The van der Waals surface area contributed by atoms with Crippen LogP contribution in [-0.2, 0) is 0 Å². The van der Waals surface area contributed by atoms with Crippen molar-refractivity contribution in [1.82, 2.24) is 9.80 Å². The van der Waals surface area contributed by atoms with Gasteiger partial charge in [-0.2, -0.15) is 0 Å². The quantitative estimate of drug-likeness (QED) is 0.509. The molecular weight excluding hydrogens is 136 g/mol. The van der Waals surface area contributed by atoms with Crippen molar-refractivity contribution in [2.24, 2.45) is 0 Å². The van der Waals surface area contributed by atoms with Gasteiger partial charge >= 0.3 is 0 Å². The summed E-state index contributed by atoms with van der Waals surface area (Å²) in [4.78, 5) is 5.04. The molecule has 0 aromatic rings. The fraction of sp³-hybridized carbons (Fsp3) is 1.00. The topological polar surface area (TPSA) is 6.48 Å². The van der Waals surface area contributed by atoms with Crippen molar-refractivity contribution in [3.8, 4) is 0 Å². The lowest BCUT2D eigenvalue weighted by atomic mass is 9.74. The Hall–Kier alpha value is -0.0800. The van der Waals surface area contributed by atoms with Gasteiger partial charge in [0.1, 0.15) is 0 Å². The molecule has 2 rings (SSSR count). The predicted octanol–water partition coefficient (Wildman–Crippen LogP) is 0.786. The van der Waals surface area contributed by atoms with Gasteiger partial charge in [-0.1, -0.05) is 0 Å². The van der Waals surface area contributed by atoms with E-state index in [1.54, 1.807) is 0 Å². The van der Waals surface area contributed by atoms with E-state index >= 15 is 0 Å². The molecule has 0 unspecified atom stereocenters. The zero-order valence-corrected chi connectivity index (χ0v) is 7.64. The summed E-state index contributed by atoms with van der Waals surface area (Å²) in [5.41, 5.74) is 0.590. The second-order valence-electron chi connectivity index (χ2n) is 4.24. The lowest BCUT2D eigenvalue weighted by molar-refractivity contribution is -0.0280. The summed E-state index contributed by atoms with van der Waals surface area (Å²) in [6, 6.07) is 0. The van der Waals surface area contributed by atoms with Crippen molar-refractivity contribution in [3.63, 3.8) is 0 Å². The van der Waals surface area contributed by atoms with E-state index in [0.717, 1.165) is 0 Å². The van der Waals surface area contributed by atoms with Crippen LogP contribution >= 0.6 is 0 Å². The summed E-state index contributed by atoms with van der Waals surface area (Å²) < 4.78 is 0. The van der Waals surface area contributed by atoms with E-state index in [9.17, 15) is 0 Å². The third-order valence-electron chi connectivity index (χ3n) is 3.48. The fourth-order valence-corrected chi connectivity index (χ4v) is 2.38. The maximum atomic E-state index is 2.57. The molecule has 2 aliphatic rings. The first-order valence-corrected chi connectivity index (χ1v) is 4.63. The zero-order chi connectivity index (χ0) is 7.90. The van der Waals surface area contributed by atoms with Gasteiger partial charge in [0.2, 0.25) is 0 Å². The summed E-state index contributed by atoms with van der Waals surface area (Å²) >= 11 is 0. The first-order chi connectivity index (χ1) is 5.23. The highest BCUT2D eigenvalue weighted by Gasteiger charge is 2.43. The van der Waals surface area contributed by atoms with Crippen LogP contribution in [0.5, 0.6) is 0 Å². The average molecular weight is 154 g/mol. The second kappa shape index (κ2) is 2.46. The standard InChI is InChI=1S/C9H18N2/c1-10-6-7-11(2)9(8-10)4-3-5-9/h3-8H2,1-2H3.